The summed E-state index contributed by atoms with van der Waals surface area (Å²) in [6.07, 6.45) is 0. The van der Waals surface area contributed by atoms with Crippen molar-refractivity contribution in [3.8, 4) is 6.07 Å². The minimum absolute atomic E-state index is 0.249. The van der Waals surface area contributed by atoms with E-state index >= 15 is 0 Å². The highest BCUT2D eigenvalue weighted by Crippen LogP contribution is 2.03. The quantitative estimate of drug-likeness (QED) is 0.757. The third-order valence-corrected chi connectivity index (χ3v) is 1.40. The molecule has 0 aromatic carbocycles. The first-order chi connectivity index (χ1) is 6.26. The Hall–Kier alpha value is -1.70. The molecule has 0 radical (unpaired) electrons. The number of hydrogen-bond donors (Lipinski definition) is 1. The van der Waals surface area contributed by atoms with E-state index in [-0.39, 0.29) is 11.7 Å². The van der Waals surface area contributed by atoms with Crippen molar-refractivity contribution in [3.05, 3.63) is 17.8 Å². The lowest BCUT2D eigenvalue weighted by Crippen LogP contribution is -2.18. The van der Waals surface area contributed by atoms with Crippen molar-refractivity contribution >= 4 is 5.82 Å². The number of anilines is 1. The van der Waals surface area contributed by atoms with Crippen molar-refractivity contribution in [1.29, 1.82) is 5.26 Å². The van der Waals surface area contributed by atoms with Crippen LogP contribution in [0.15, 0.2) is 12.1 Å². The fraction of sp³-hybridized carbons (Fsp3) is 0.375. The van der Waals surface area contributed by atoms with Gasteiger partial charge in [-0.3, -0.25) is 0 Å². The van der Waals surface area contributed by atoms with Crippen molar-refractivity contribution in [2.75, 3.05) is 12.0 Å². The van der Waals surface area contributed by atoms with Crippen LogP contribution in [0.25, 0.3) is 0 Å². The van der Waals surface area contributed by atoms with Crippen molar-refractivity contribution in [2.45, 2.75) is 13.0 Å². The zero-order valence-electron chi connectivity index (χ0n) is 7.16. The molecule has 1 aromatic rings. The van der Waals surface area contributed by atoms with Gasteiger partial charge in [0.2, 0.25) is 0 Å². The van der Waals surface area contributed by atoms with Crippen molar-refractivity contribution in [1.82, 2.24) is 10.2 Å². The maximum atomic E-state index is 12.1. The molecule has 0 saturated heterocycles. The van der Waals surface area contributed by atoms with Gasteiger partial charge in [-0.15, -0.1) is 10.2 Å². The second-order valence-corrected chi connectivity index (χ2v) is 2.62. The van der Waals surface area contributed by atoms with Gasteiger partial charge in [0.25, 0.3) is 0 Å². The van der Waals surface area contributed by atoms with Crippen LogP contribution in [-0.4, -0.2) is 22.9 Å². The summed E-state index contributed by atoms with van der Waals surface area (Å²) in [7, 11) is 0. The van der Waals surface area contributed by atoms with Gasteiger partial charge < -0.3 is 5.32 Å². The first kappa shape index (κ1) is 9.39. The molecule has 4 nitrogen and oxygen atoms in total. The number of halogens is 1. The van der Waals surface area contributed by atoms with E-state index in [9.17, 15) is 4.39 Å². The first-order valence-electron chi connectivity index (χ1n) is 3.82. The molecule has 1 heterocycles. The standard InChI is InChI=1S/C8H9FN4/c1-6(4-9)11-8-3-2-7(5-10)12-13-8/h2-3,6H,4H2,1H3,(H,11,13). The second-order valence-electron chi connectivity index (χ2n) is 2.62. The summed E-state index contributed by atoms with van der Waals surface area (Å²) in [5.74, 6) is 0.476. The predicted molar refractivity (Wildman–Crippen MR) is 45.8 cm³/mol. The van der Waals surface area contributed by atoms with Crippen molar-refractivity contribution in [2.24, 2.45) is 0 Å². The Morgan fingerprint density at radius 3 is 2.85 bits per heavy atom. The molecule has 1 unspecified atom stereocenters. The smallest absolute Gasteiger partial charge is 0.163 e. The van der Waals surface area contributed by atoms with E-state index in [2.05, 4.69) is 15.5 Å². The topological polar surface area (TPSA) is 61.6 Å². The SMILES string of the molecule is CC(CF)Nc1ccc(C#N)nn1. The van der Waals surface area contributed by atoms with E-state index in [1.165, 1.54) is 6.07 Å². The summed E-state index contributed by atoms with van der Waals surface area (Å²) in [4.78, 5) is 0. The number of aromatic nitrogens is 2. The molecule has 0 saturated carbocycles. The number of rotatable bonds is 3. The molecule has 0 aliphatic rings. The normalized spacial score (nSPS) is 11.8. The predicted octanol–water partition coefficient (Wildman–Crippen LogP) is 1.12. The second kappa shape index (κ2) is 4.36. The Morgan fingerprint density at radius 1 is 1.62 bits per heavy atom. The average Bonchev–Trinajstić information content (AvgIpc) is 2.19. The number of nitrogens with zero attached hydrogens (tertiary/aromatic N) is 3. The van der Waals surface area contributed by atoms with Gasteiger partial charge in [-0.25, -0.2) is 4.39 Å². The highest BCUT2D eigenvalue weighted by molar-refractivity contribution is 5.36. The lowest BCUT2D eigenvalue weighted by atomic mass is 10.3. The van der Waals surface area contributed by atoms with Crippen molar-refractivity contribution in [3.63, 3.8) is 0 Å². The Labute approximate surface area is 75.4 Å². The van der Waals surface area contributed by atoms with Crippen LogP contribution in [0.4, 0.5) is 10.2 Å². The Bertz CT molecular complexity index is 303. The minimum Gasteiger partial charge on any atom is -0.363 e. The van der Waals surface area contributed by atoms with Gasteiger partial charge in [-0.2, -0.15) is 5.26 Å². The summed E-state index contributed by atoms with van der Waals surface area (Å²) < 4.78 is 12.1. The van der Waals surface area contributed by atoms with Crippen LogP contribution in [0.1, 0.15) is 12.6 Å². The monoisotopic (exact) mass is 180 g/mol. The van der Waals surface area contributed by atoms with Gasteiger partial charge in [-0.05, 0) is 19.1 Å². The minimum atomic E-state index is -0.471. The molecule has 1 atom stereocenters. The Balaban J connectivity index is 2.65. The van der Waals surface area contributed by atoms with Crippen LogP contribution >= 0.6 is 0 Å². The van der Waals surface area contributed by atoms with Crippen LogP contribution in [0.5, 0.6) is 0 Å². The summed E-state index contributed by atoms with van der Waals surface area (Å²) in [6.45, 7) is 1.22. The molecule has 1 rings (SSSR count). The number of hydrogen-bond acceptors (Lipinski definition) is 4. The van der Waals surface area contributed by atoms with E-state index in [1.54, 1.807) is 13.0 Å². The third kappa shape index (κ3) is 2.67. The van der Waals surface area contributed by atoms with Gasteiger partial charge in [0.1, 0.15) is 18.6 Å². The van der Waals surface area contributed by atoms with E-state index < -0.39 is 6.67 Å². The maximum Gasteiger partial charge on any atom is 0.163 e. The van der Waals surface area contributed by atoms with Crippen molar-refractivity contribution < 1.29 is 4.39 Å². The zero-order chi connectivity index (χ0) is 9.68. The summed E-state index contributed by atoms with van der Waals surface area (Å²) in [5.41, 5.74) is 0.249. The van der Waals surface area contributed by atoms with Crippen LogP contribution in [-0.2, 0) is 0 Å². The molecule has 0 aliphatic carbocycles. The van der Waals surface area contributed by atoms with E-state index in [0.717, 1.165) is 0 Å². The summed E-state index contributed by atoms with van der Waals surface area (Å²) >= 11 is 0. The fourth-order valence-corrected chi connectivity index (χ4v) is 0.760. The third-order valence-electron chi connectivity index (χ3n) is 1.40. The molecule has 13 heavy (non-hydrogen) atoms. The number of nitrogens with one attached hydrogen (secondary N) is 1. The van der Waals surface area contributed by atoms with Crippen LogP contribution in [0.2, 0.25) is 0 Å². The van der Waals surface area contributed by atoms with Gasteiger partial charge in [0.05, 0.1) is 6.04 Å². The maximum absolute atomic E-state index is 12.1. The van der Waals surface area contributed by atoms with Gasteiger partial charge >= 0.3 is 0 Å². The Kier molecular flexibility index (Phi) is 3.15. The van der Waals surface area contributed by atoms with Gasteiger partial charge in [-0.1, -0.05) is 0 Å². The molecule has 0 aliphatic heterocycles. The first-order valence-corrected chi connectivity index (χ1v) is 3.82. The largest absolute Gasteiger partial charge is 0.363 e. The number of nitriles is 1. The van der Waals surface area contributed by atoms with E-state index in [1.807, 2.05) is 6.07 Å². The lowest BCUT2D eigenvalue weighted by molar-refractivity contribution is 0.459. The fourth-order valence-electron chi connectivity index (χ4n) is 0.760. The van der Waals surface area contributed by atoms with Crippen LogP contribution < -0.4 is 5.32 Å². The Morgan fingerprint density at radius 2 is 2.38 bits per heavy atom. The molecule has 1 aromatic heterocycles. The molecule has 1 N–H and O–H groups in total. The van der Waals surface area contributed by atoms with E-state index in [4.69, 9.17) is 5.26 Å². The molecule has 0 fully saturated rings. The van der Waals surface area contributed by atoms with Gasteiger partial charge in [0.15, 0.2) is 5.69 Å². The molecule has 0 amide bonds. The molecule has 0 spiro atoms. The molecular weight excluding hydrogens is 171 g/mol. The van der Waals surface area contributed by atoms with Crippen LogP contribution in [0.3, 0.4) is 0 Å². The highest BCUT2D eigenvalue weighted by atomic mass is 19.1. The summed E-state index contributed by atoms with van der Waals surface area (Å²) in [5, 5.41) is 18.5. The zero-order valence-corrected chi connectivity index (χ0v) is 7.16. The van der Waals surface area contributed by atoms with Crippen LogP contribution in [0, 0.1) is 11.3 Å². The highest BCUT2D eigenvalue weighted by Gasteiger charge is 2.01. The van der Waals surface area contributed by atoms with E-state index in [0.29, 0.717) is 5.82 Å². The average molecular weight is 180 g/mol. The van der Waals surface area contributed by atoms with Gasteiger partial charge in [0, 0.05) is 0 Å². The lowest BCUT2D eigenvalue weighted by Gasteiger charge is -2.08. The molecular formula is C8H9FN4. The molecule has 5 heteroatoms. The molecule has 68 valence electrons. The molecule has 0 bridgehead atoms. The number of alkyl halides is 1. The summed E-state index contributed by atoms with van der Waals surface area (Å²) in [6, 6.07) is 4.68.